The van der Waals surface area contributed by atoms with Crippen LogP contribution in [0.5, 0.6) is 0 Å². The van der Waals surface area contributed by atoms with E-state index in [1.807, 2.05) is 0 Å². The molecule has 70 heavy (non-hydrogen) atoms. The highest BCUT2D eigenvalue weighted by atomic mass is 33.1. The number of alkyl carbamates (subject to hydrolysis) is 1. The van der Waals surface area contributed by atoms with Crippen molar-refractivity contribution in [3.63, 3.8) is 0 Å². The number of hydrogen-bond acceptors (Lipinski definition) is 19. The van der Waals surface area contributed by atoms with Gasteiger partial charge in [0.15, 0.2) is 11.4 Å². The minimum atomic E-state index is -2.44. The number of amides is 1. The van der Waals surface area contributed by atoms with Gasteiger partial charge in [-0.2, -0.15) is 0 Å². The van der Waals surface area contributed by atoms with Crippen LogP contribution in [-0.4, -0.2) is 142 Å². The summed E-state index contributed by atoms with van der Waals surface area (Å²) < 4.78 is 48.6. The first-order chi connectivity index (χ1) is 33.4. The van der Waals surface area contributed by atoms with Crippen LogP contribution in [0.25, 0.3) is 0 Å². The van der Waals surface area contributed by atoms with E-state index in [0.717, 1.165) is 12.7 Å². The number of carbonyl (C=O) groups excluding carboxylic acids is 6. The molecule has 0 unspecified atom stereocenters. The van der Waals surface area contributed by atoms with E-state index in [0.29, 0.717) is 18.8 Å². The Bertz CT molecular complexity index is 2300. The van der Waals surface area contributed by atoms with Crippen molar-refractivity contribution in [2.45, 2.75) is 135 Å². The van der Waals surface area contributed by atoms with E-state index in [9.17, 15) is 34.5 Å². The van der Waals surface area contributed by atoms with Gasteiger partial charge in [-0.05, 0) is 70.0 Å². The van der Waals surface area contributed by atoms with Gasteiger partial charge in [0.25, 0.3) is 0 Å². The monoisotopic (exact) mass is 1020 g/mol. The molecule has 2 aromatic rings. The van der Waals surface area contributed by atoms with Crippen LogP contribution in [0, 0.1) is 16.7 Å². The zero-order valence-corrected chi connectivity index (χ0v) is 42.4. The summed E-state index contributed by atoms with van der Waals surface area (Å²) in [5.74, 6) is -4.46. The van der Waals surface area contributed by atoms with Gasteiger partial charge in [0.2, 0.25) is 6.10 Å². The lowest BCUT2D eigenvalue weighted by Gasteiger charge is -2.67. The van der Waals surface area contributed by atoms with Crippen molar-refractivity contribution in [1.29, 1.82) is 0 Å². The Kier molecular flexibility index (Phi) is 16.7. The number of nitrogens with one attached hydrogen (secondary N) is 2. The molecule has 11 atom stereocenters. The van der Waals surface area contributed by atoms with Crippen LogP contribution in [0.3, 0.4) is 0 Å². The summed E-state index contributed by atoms with van der Waals surface area (Å²) in [5.41, 5.74) is -8.67. The second-order valence-electron chi connectivity index (χ2n) is 19.7. The Morgan fingerprint density at radius 3 is 2.24 bits per heavy atom. The molecular weight excluding hydrogens is 949 g/mol. The highest BCUT2D eigenvalue weighted by Gasteiger charge is 2.78. The van der Waals surface area contributed by atoms with Crippen LogP contribution in [0.15, 0.2) is 71.8 Å². The lowest BCUT2D eigenvalue weighted by molar-refractivity contribution is -0.346. The van der Waals surface area contributed by atoms with E-state index in [-0.39, 0.29) is 48.8 Å². The molecule has 2 aromatic carbocycles. The third kappa shape index (κ3) is 11.0. The van der Waals surface area contributed by atoms with Crippen LogP contribution in [-0.2, 0) is 47.5 Å². The summed E-state index contributed by atoms with van der Waals surface area (Å²) >= 11 is 0. The number of benzene rings is 2. The van der Waals surface area contributed by atoms with Gasteiger partial charge in [-0.15, -0.1) is 0 Å². The molecule has 1 amide bonds. The minimum absolute atomic E-state index is 0.0521. The number of Topliss-reactive ketones (excluding diaryl/α,β-unsaturated/α-hetero) is 1. The molecule has 6 rings (SSSR count). The highest BCUT2D eigenvalue weighted by molar-refractivity contribution is 8.76. The molecule has 18 nitrogen and oxygen atoms in total. The first-order valence-electron chi connectivity index (χ1n) is 23.9. The lowest BCUT2D eigenvalue weighted by atomic mass is 9.44. The van der Waals surface area contributed by atoms with Crippen molar-refractivity contribution in [1.82, 2.24) is 10.6 Å². The number of fused-ring (bicyclic) bond motifs is 5. The average molecular weight is 1020 g/mol. The Hall–Kier alpha value is -4.70. The van der Waals surface area contributed by atoms with Crippen molar-refractivity contribution in [2.24, 2.45) is 16.7 Å². The van der Waals surface area contributed by atoms with E-state index in [1.165, 1.54) is 61.4 Å². The van der Waals surface area contributed by atoms with Crippen LogP contribution < -0.4 is 10.6 Å². The predicted molar refractivity (Wildman–Crippen MR) is 257 cm³/mol. The van der Waals surface area contributed by atoms with E-state index < -0.39 is 119 Å². The SMILES string of the molecule is [3H]CCNCCSSCCOC(=O)O[C@@H](C(=O)O[C@H]1C[C@@]2(O)[C@@H](OC(=O)c3ccccc3)[C@@H]3[C@]4(OC(C)=O)CO[C@@H]4C[C@H](O)[C@@]3(C)C(=O)[C@H](O)C(=C1C)C2(C)C)[C@@H](NC(=O)OC(C)(C)C)c1ccccc1. The van der Waals surface area contributed by atoms with Gasteiger partial charge in [-0.3, -0.25) is 9.59 Å². The molecular formula is C50H66N2O16S2. The molecule has 1 aliphatic heterocycles. The fourth-order valence-electron chi connectivity index (χ4n) is 10.3. The van der Waals surface area contributed by atoms with Crippen molar-refractivity contribution >= 4 is 57.5 Å². The molecule has 384 valence electrons. The van der Waals surface area contributed by atoms with Crippen molar-refractivity contribution < 1.29 is 78.6 Å². The number of rotatable bonds is 17. The molecule has 2 bridgehead atoms. The number of hydrogen-bond donors (Lipinski definition) is 5. The van der Waals surface area contributed by atoms with E-state index in [2.05, 4.69) is 10.6 Å². The van der Waals surface area contributed by atoms with Gasteiger partial charge in [0.1, 0.15) is 48.3 Å². The summed E-state index contributed by atoms with van der Waals surface area (Å²) in [6.07, 6.45) is -13.2. The van der Waals surface area contributed by atoms with Crippen molar-refractivity contribution in [2.75, 3.05) is 37.8 Å². The topological polar surface area (TPSA) is 252 Å². The first-order valence-corrected chi connectivity index (χ1v) is 25.7. The van der Waals surface area contributed by atoms with Crippen LogP contribution >= 0.6 is 21.6 Å². The molecule has 0 radical (unpaired) electrons. The van der Waals surface area contributed by atoms with Crippen LogP contribution in [0.2, 0.25) is 0 Å². The maximum atomic E-state index is 15.2. The second kappa shape index (κ2) is 22.0. The highest BCUT2D eigenvalue weighted by Crippen LogP contribution is 2.64. The van der Waals surface area contributed by atoms with Gasteiger partial charge in [0.05, 0.1) is 29.6 Å². The zero-order valence-electron chi connectivity index (χ0n) is 41.7. The fraction of sp³-hybridized carbons (Fsp3) is 0.600. The summed E-state index contributed by atoms with van der Waals surface area (Å²) in [4.78, 5) is 84.7. The third-order valence-electron chi connectivity index (χ3n) is 13.8. The first kappa shape index (κ1) is 53.1. The minimum Gasteiger partial charge on any atom is -0.455 e. The van der Waals surface area contributed by atoms with Crippen molar-refractivity contribution in [3.05, 3.63) is 82.9 Å². The number of carbonyl (C=O) groups is 6. The molecule has 1 saturated heterocycles. The zero-order chi connectivity index (χ0) is 52.1. The standard InChI is InChI=1S/C50H66N2O16S2/c1-10-51-21-23-69-70-24-22-62-45(60)65-38(36(30-17-13-11-14-18-30)52-44(59)68-46(4,5)6)43(58)64-32-26-50(61)41(66-42(57)31-19-15-12-16-20-31)39-48(9,40(56)37(55)35(28(32)2)47(50,7)8)33(54)25-34-49(39,27-63-34)67-29(3)53/h11-20,32-34,36-39,41,51,54-55,61H,10,21-27H2,1-9H3,(H,52,59)/t32-,33-,34+,36-,37+,38+,39-,41-,48+,49-,50+/m0/s1/i1T. The number of ether oxygens (including phenoxy) is 7. The maximum Gasteiger partial charge on any atom is 0.509 e. The molecule has 3 aliphatic carbocycles. The number of esters is 3. The Labute approximate surface area is 417 Å². The number of ketones is 1. The molecule has 2 saturated carbocycles. The third-order valence-corrected chi connectivity index (χ3v) is 16.1. The largest absolute Gasteiger partial charge is 0.509 e. The van der Waals surface area contributed by atoms with Crippen LogP contribution in [0.4, 0.5) is 9.59 Å². The number of aliphatic hydroxyl groups is 3. The second-order valence-corrected chi connectivity index (χ2v) is 22.4. The molecule has 4 aliphatic rings. The summed E-state index contributed by atoms with van der Waals surface area (Å²) in [6, 6.07) is 14.4. The molecule has 3 fully saturated rings. The Morgan fingerprint density at radius 1 is 0.971 bits per heavy atom. The molecule has 5 N–H and O–H groups in total. The average Bonchev–Trinajstić information content (AvgIpc) is 3.30. The Morgan fingerprint density at radius 2 is 1.63 bits per heavy atom. The van der Waals surface area contributed by atoms with E-state index >= 15 is 9.59 Å². The Balaban J connectivity index is 1.43. The summed E-state index contributed by atoms with van der Waals surface area (Å²) in [7, 11) is 2.95. The summed E-state index contributed by atoms with van der Waals surface area (Å²) in [5, 5.41) is 43.9. The molecule has 1 heterocycles. The van der Waals surface area contributed by atoms with E-state index in [4.69, 9.17) is 34.5 Å². The quantitative estimate of drug-likeness (QED) is 0.0437. The van der Waals surface area contributed by atoms with Gasteiger partial charge in [-0.25, -0.2) is 19.2 Å². The molecule has 0 spiro atoms. The van der Waals surface area contributed by atoms with Gasteiger partial charge < -0.3 is 59.1 Å². The van der Waals surface area contributed by atoms with Gasteiger partial charge in [-0.1, -0.05) is 90.9 Å². The van der Waals surface area contributed by atoms with Crippen molar-refractivity contribution in [3.8, 4) is 0 Å². The fourth-order valence-corrected chi connectivity index (χ4v) is 12.1. The molecule has 20 heteroatoms. The molecule has 0 aromatic heterocycles. The lowest BCUT2D eigenvalue weighted by Crippen LogP contribution is -2.81. The van der Waals surface area contributed by atoms with Gasteiger partial charge in [0, 0.05) is 44.6 Å². The maximum absolute atomic E-state index is 15.2. The summed E-state index contributed by atoms with van der Waals surface area (Å²) in [6.45, 7) is 13.0. The van der Waals surface area contributed by atoms with E-state index in [1.54, 1.807) is 69.3 Å². The smallest absolute Gasteiger partial charge is 0.455 e. The predicted octanol–water partition coefficient (Wildman–Crippen LogP) is 5.41. The van der Waals surface area contributed by atoms with Crippen LogP contribution in [0.1, 0.15) is 98.5 Å². The number of aliphatic hydroxyl groups excluding tert-OH is 2. The van der Waals surface area contributed by atoms with Gasteiger partial charge >= 0.3 is 30.2 Å². The normalized spacial score (nSPS) is 30.0.